The first-order valence-electron chi connectivity index (χ1n) is 10.2. The Bertz CT molecular complexity index is 752. The Morgan fingerprint density at radius 1 is 1.14 bits per heavy atom. The maximum atomic E-state index is 14.1. The Morgan fingerprint density at radius 3 is 2.45 bits per heavy atom. The molecule has 3 rings (SSSR count). The number of ketones is 1. The highest BCUT2D eigenvalue weighted by Crippen LogP contribution is 2.33. The SMILES string of the molecule is CC(=O)CN1CCC(CCN2CC=C(c3cc(C(F)(F)F)ccc3F)CC2)CC1. The molecule has 0 N–H and O–H groups in total. The van der Waals surface area contributed by atoms with Crippen LogP contribution in [0.15, 0.2) is 24.3 Å². The minimum Gasteiger partial charge on any atom is -0.299 e. The second-order valence-corrected chi connectivity index (χ2v) is 8.18. The molecule has 1 fully saturated rings. The van der Waals surface area contributed by atoms with E-state index in [1.54, 1.807) is 6.92 Å². The number of rotatable bonds is 6. The monoisotopic (exact) mass is 412 g/mol. The van der Waals surface area contributed by atoms with Gasteiger partial charge >= 0.3 is 6.18 Å². The second-order valence-electron chi connectivity index (χ2n) is 8.18. The van der Waals surface area contributed by atoms with E-state index < -0.39 is 17.6 Å². The van der Waals surface area contributed by atoms with E-state index in [1.807, 2.05) is 6.08 Å². The summed E-state index contributed by atoms with van der Waals surface area (Å²) < 4.78 is 52.9. The second kappa shape index (κ2) is 9.39. The molecule has 160 valence electrons. The zero-order valence-electron chi connectivity index (χ0n) is 16.8. The molecular formula is C22H28F4N2O. The summed E-state index contributed by atoms with van der Waals surface area (Å²) in [5.41, 5.74) is -0.0898. The molecule has 0 aliphatic carbocycles. The lowest BCUT2D eigenvalue weighted by molar-refractivity contribution is -0.137. The molecule has 0 atom stereocenters. The number of carbonyl (C=O) groups is 1. The lowest BCUT2D eigenvalue weighted by Crippen LogP contribution is -2.38. The molecule has 1 saturated heterocycles. The fourth-order valence-corrected chi connectivity index (χ4v) is 4.22. The number of hydrogen-bond donors (Lipinski definition) is 0. The first kappa shape index (κ1) is 22.0. The zero-order valence-corrected chi connectivity index (χ0v) is 16.8. The first-order chi connectivity index (χ1) is 13.7. The number of halogens is 4. The van der Waals surface area contributed by atoms with Crippen LogP contribution in [-0.2, 0) is 11.0 Å². The number of piperidine rings is 1. The van der Waals surface area contributed by atoms with Crippen molar-refractivity contribution in [2.45, 2.75) is 38.8 Å². The third kappa shape index (κ3) is 6.12. The summed E-state index contributed by atoms with van der Waals surface area (Å²) in [7, 11) is 0. The van der Waals surface area contributed by atoms with Crippen molar-refractivity contribution in [1.29, 1.82) is 0 Å². The minimum atomic E-state index is -4.47. The molecule has 0 radical (unpaired) electrons. The Labute approximate surface area is 169 Å². The average molecular weight is 412 g/mol. The predicted octanol–water partition coefficient (Wildman–Crippen LogP) is 4.62. The largest absolute Gasteiger partial charge is 0.416 e. The summed E-state index contributed by atoms with van der Waals surface area (Å²) in [5, 5.41) is 0. The summed E-state index contributed by atoms with van der Waals surface area (Å²) in [4.78, 5) is 15.7. The van der Waals surface area contributed by atoms with Gasteiger partial charge in [0.25, 0.3) is 0 Å². The van der Waals surface area contributed by atoms with E-state index >= 15 is 0 Å². The van der Waals surface area contributed by atoms with Crippen molar-refractivity contribution in [3.63, 3.8) is 0 Å². The molecule has 29 heavy (non-hydrogen) atoms. The standard InChI is InChI=1S/C22H28F4N2O/c1-16(29)15-28-10-5-17(6-11-28)4-9-27-12-7-18(8-13-27)20-14-19(22(24,25)26)2-3-21(20)23/h2-3,7,14,17H,4-6,8-13,15H2,1H3. The van der Waals surface area contributed by atoms with Gasteiger partial charge in [-0.15, -0.1) is 0 Å². The summed E-state index contributed by atoms with van der Waals surface area (Å²) in [5.74, 6) is 0.246. The summed E-state index contributed by atoms with van der Waals surface area (Å²) in [6.07, 6.45) is 1.21. The maximum absolute atomic E-state index is 14.1. The molecule has 0 aromatic heterocycles. The fraction of sp³-hybridized carbons (Fsp3) is 0.591. The van der Waals surface area contributed by atoms with Crippen LogP contribution in [0.2, 0.25) is 0 Å². The zero-order chi connectivity index (χ0) is 21.0. The van der Waals surface area contributed by atoms with Crippen LogP contribution < -0.4 is 0 Å². The van der Waals surface area contributed by atoms with Gasteiger partial charge in [0.15, 0.2) is 0 Å². The van der Waals surface area contributed by atoms with Crippen molar-refractivity contribution in [1.82, 2.24) is 9.80 Å². The number of benzene rings is 1. The number of likely N-dealkylation sites (tertiary alicyclic amines) is 1. The minimum absolute atomic E-state index is 0.0670. The highest BCUT2D eigenvalue weighted by atomic mass is 19.4. The number of hydrogen-bond acceptors (Lipinski definition) is 3. The molecule has 2 aliphatic rings. The van der Waals surface area contributed by atoms with E-state index in [4.69, 9.17) is 0 Å². The molecule has 2 aliphatic heterocycles. The van der Waals surface area contributed by atoms with Crippen LogP contribution in [0.4, 0.5) is 17.6 Å². The van der Waals surface area contributed by atoms with Crippen molar-refractivity contribution < 1.29 is 22.4 Å². The number of carbonyl (C=O) groups excluding carboxylic acids is 1. The molecule has 1 aromatic rings. The van der Waals surface area contributed by atoms with Crippen LogP contribution in [-0.4, -0.2) is 54.9 Å². The van der Waals surface area contributed by atoms with Gasteiger partial charge in [0.2, 0.25) is 0 Å². The van der Waals surface area contributed by atoms with Crippen LogP contribution in [0.25, 0.3) is 5.57 Å². The van der Waals surface area contributed by atoms with Gasteiger partial charge in [0, 0.05) is 18.7 Å². The Hall–Kier alpha value is -1.73. The summed E-state index contributed by atoms with van der Waals surface area (Å²) >= 11 is 0. The normalized spacial score (nSPS) is 20.0. The lowest BCUT2D eigenvalue weighted by atomic mass is 9.92. The van der Waals surface area contributed by atoms with Crippen LogP contribution in [0.3, 0.4) is 0 Å². The molecule has 0 saturated carbocycles. The van der Waals surface area contributed by atoms with Crippen LogP contribution in [0.5, 0.6) is 0 Å². The maximum Gasteiger partial charge on any atom is 0.416 e. The van der Waals surface area contributed by atoms with E-state index in [9.17, 15) is 22.4 Å². The van der Waals surface area contributed by atoms with Crippen molar-refractivity contribution in [2.24, 2.45) is 5.92 Å². The van der Waals surface area contributed by atoms with Gasteiger partial charge in [-0.3, -0.25) is 14.6 Å². The first-order valence-corrected chi connectivity index (χ1v) is 10.2. The van der Waals surface area contributed by atoms with Crippen molar-refractivity contribution in [3.05, 3.63) is 41.2 Å². The molecule has 1 aromatic carbocycles. The predicted molar refractivity (Wildman–Crippen MR) is 105 cm³/mol. The van der Waals surface area contributed by atoms with Crippen LogP contribution in [0.1, 0.15) is 43.7 Å². The number of alkyl halides is 3. The van der Waals surface area contributed by atoms with Gasteiger partial charge < -0.3 is 0 Å². The third-order valence-corrected chi connectivity index (χ3v) is 5.94. The van der Waals surface area contributed by atoms with Gasteiger partial charge in [0.1, 0.15) is 11.6 Å². The van der Waals surface area contributed by atoms with Gasteiger partial charge in [-0.05, 0) is 81.9 Å². The Balaban J connectivity index is 1.50. The highest BCUT2D eigenvalue weighted by molar-refractivity contribution is 5.77. The fourth-order valence-electron chi connectivity index (χ4n) is 4.22. The quantitative estimate of drug-likeness (QED) is 0.637. The van der Waals surface area contributed by atoms with Crippen molar-refractivity contribution >= 4 is 11.4 Å². The van der Waals surface area contributed by atoms with Crippen molar-refractivity contribution in [2.75, 3.05) is 39.3 Å². The smallest absolute Gasteiger partial charge is 0.299 e. The van der Waals surface area contributed by atoms with E-state index in [2.05, 4.69) is 9.80 Å². The molecule has 0 unspecified atom stereocenters. The molecule has 7 heteroatoms. The Kier molecular flexibility index (Phi) is 7.11. The summed E-state index contributed by atoms with van der Waals surface area (Å²) in [6, 6.07) is 2.62. The highest BCUT2D eigenvalue weighted by Gasteiger charge is 2.31. The van der Waals surface area contributed by atoms with Gasteiger partial charge in [0.05, 0.1) is 12.1 Å². The molecule has 0 bridgehead atoms. The molecule has 0 amide bonds. The van der Waals surface area contributed by atoms with Gasteiger partial charge in [-0.1, -0.05) is 6.08 Å². The molecule has 0 spiro atoms. The lowest BCUT2D eigenvalue weighted by Gasteiger charge is -2.33. The van der Waals surface area contributed by atoms with Crippen LogP contribution >= 0.6 is 0 Å². The third-order valence-electron chi connectivity index (χ3n) is 5.94. The Morgan fingerprint density at radius 2 is 1.86 bits per heavy atom. The van der Waals surface area contributed by atoms with Crippen LogP contribution in [0, 0.1) is 11.7 Å². The topological polar surface area (TPSA) is 23.6 Å². The van der Waals surface area contributed by atoms with E-state index in [0.717, 1.165) is 63.6 Å². The van der Waals surface area contributed by atoms with Gasteiger partial charge in [-0.2, -0.15) is 13.2 Å². The van der Waals surface area contributed by atoms with E-state index in [1.165, 1.54) is 0 Å². The summed E-state index contributed by atoms with van der Waals surface area (Å²) in [6.45, 7) is 6.38. The van der Waals surface area contributed by atoms with E-state index in [0.29, 0.717) is 31.0 Å². The van der Waals surface area contributed by atoms with Crippen molar-refractivity contribution in [3.8, 4) is 0 Å². The number of Topliss-reactive ketones (excluding diaryl/α,β-unsaturated/α-hetero) is 1. The number of nitrogens with zero attached hydrogens (tertiary/aromatic N) is 2. The van der Waals surface area contributed by atoms with Gasteiger partial charge in [-0.25, -0.2) is 4.39 Å². The average Bonchev–Trinajstić information content (AvgIpc) is 2.67. The molecule has 2 heterocycles. The van der Waals surface area contributed by atoms with E-state index in [-0.39, 0.29) is 11.3 Å². The molecule has 3 nitrogen and oxygen atoms in total. The molecular weight excluding hydrogens is 384 g/mol.